The fourth-order valence-electron chi connectivity index (χ4n) is 2.09. The van der Waals surface area contributed by atoms with Crippen molar-refractivity contribution in [3.63, 3.8) is 0 Å². The van der Waals surface area contributed by atoms with Crippen LogP contribution in [0.2, 0.25) is 10.0 Å². The van der Waals surface area contributed by atoms with E-state index >= 15 is 0 Å². The molecule has 0 fully saturated rings. The third kappa shape index (κ3) is 7.83. The summed E-state index contributed by atoms with van der Waals surface area (Å²) in [6.07, 6.45) is 11.7. The molecule has 1 rings (SSSR count). The first-order valence-electron chi connectivity index (χ1n) is 7.68. The van der Waals surface area contributed by atoms with Crippen molar-refractivity contribution in [2.24, 2.45) is 0 Å². The molecule has 0 atom stereocenters. The van der Waals surface area contributed by atoms with Crippen molar-refractivity contribution in [2.75, 3.05) is 0 Å². The molecule has 0 aromatic heterocycles. The number of rotatable bonds is 8. The molecule has 2 heteroatoms. The Morgan fingerprint density at radius 1 is 0.850 bits per heavy atom. The van der Waals surface area contributed by atoms with E-state index in [0.29, 0.717) is 10.0 Å². The van der Waals surface area contributed by atoms with E-state index in [1.165, 1.54) is 51.4 Å². The summed E-state index contributed by atoms with van der Waals surface area (Å²) in [6.45, 7) is 2.26. The summed E-state index contributed by atoms with van der Waals surface area (Å²) in [4.78, 5) is 0. The van der Waals surface area contributed by atoms with Gasteiger partial charge in [-0.2, -0.15) is 0 Å². The van der Waals surface area contributed by atoms with Crippen molar-refractivity contribution in [1.82, 2.24) is 0 Å². The van der Waals surface area contributed by atoms with Crippen molar-refractivity contribution in [3.8, 4) is 11.8 Å². The second-order valence-electron chi connectivity index (χ2n) is 5.16. The standard InChI is InChI=1S/C18H24Cl2/c1-2-3-4-5-6-7-8-9-10-11-12-16-13-14-17(19)18(20)15-16/h13-15H,2-10H2,1H3. The fraction of sp³-hybridized carbons (Fsp3) is 0.556. The van der Waals surface area contributed by atoms with Gasteiger partial charge in [-0.15, -0.1) is 0 Å². The number of hydrogen-bond donors (Lipinski definition) is 0. The van der Waals surface area contributed by atoms with E-state index in [1.807, 2.05) is 12.1 Å². The molecule has 0 bridgehead atoms. The summed E-state index contributed by atoms with van der Waals surface area (Å²) in [5.74, 6) is 6.35. The van der Waals surface area contributed by atoms with Crippen LogP contribution in [-0.2, 0) is 0 Å². The van der Waals surface area contributed by atoms with Gasteiger partial charge in [0.25, 0.3) is 0 Å². The number of hydrogen-bond acceptors (Lipinski definition) is 0. The first kappa shape index (κ1) is 17.4. The Morgan fingerprint density at radius 2 is 1.50 bits per heavy atom. The van der Waals surface area contributed by atoms with E-state index in [1.54, 1.807) is 6.07 Å². The largest absolute Gasteiger partial charge is 0.0979 e. The Balaban J connectivity index is 2.09. The molecule has 0 saturated heterocycles. The number of benzene rings is 1. The molecule has 0 heterocycles. The summed E-state index contributed by atoms with van der Waals surface area (Å²) < 4.78 is 0. The van der Waals surface area contributed by atoms with E-state index in [0.717, 1.165) is 12.0 Å². The van der Waals surface area contributed by atoms with Crippen LogP contribution in [0.15, 0.2) is 18.2 Å². The Bertz CT molecular complexity index is 440. The van der Waals surface area contributed by atoms with Crippen LogP contribution < -0.4 is 0 Å². The zero-order valence-corrected chi connectivity index (χ0v) is 13.9. The van der Waals surface area contributed by atoms with Crippen LogP contribution in [-0.4, -0.2) is 0 Å². The van der Waals surface area contributed by atoms with Crippen LogP contribution in [0.5, 0.6) is 0 Å². The summed E-state index contributed by atoms with van der Waals surface area (Å²) >= 11 is 11.8. The van der Waals surface area contributed by atoms with Gasteiger partial charge < -0.3 is 0 Å². The minimum Gasteiger partial charge on any atom is -0.0979 e. The van der Waals surface area contributed by atoms with E-state index in [4.69, 9.17) is 23.2 Å². The minimum atomic E-state index is 0.575. The lowest BCUT2D eigenvalue weighted by molar-refractivity contribution is 0.579. The maximum atomic E-state index is 5.95. The highest BCUT2D eigenvalue weighted by Crippen LogP contribution is 2.22. The molecule has 110 valence electrons. The summed E-state index contributed by atoms with van der Waals surface area (Å²) in [7, 11) is 0. The van der Waals surface area contributed by atoms with Gasteiger partial charge in [0, 0.05) is 12.0 Å². The Morgan fingerprint density at radius 3 is 2.15 bits per heavy atom. The summed E-state index contributed by atoms with van der Waals surface area (Å²) in [5, 5.41) is 1.16. The predicted molar refractivity (Wildman–Crippen MR) is 90.6 cm³/mol. The molecular formula is C18H24Cl2. The highest BCUT2D eigenvalue weighted by atomic mass is 35.5. The smallest absolute Gasteiger partial charge is 0.0604 e. The topological polar surface area (TPSA) is 0 Å². The molecule has 0 spiro atoms. The van der Waals surface area contributed by atoms with Gasteiger partial charge in [0.05, 0.1) is 10.0 Å². The molecular weight excluding hydrogens is 287 g/mol. The minimum absolute atomic E-state index is 0.575. The Labute approximate surface area is 133 Å². The van der Waals surface area contributed by atoms with E-state index < -0.39 is 0 Å². The molecule has 0 aliphatic carbocycles. The molecule has 0 unspecified atom stereocenters. The zero-order chi connectivity index (χ0) is 14.6. The second kappa shape index (κ2) is 11.1. The molecule has 0 amide bonds. The zero-order valence-electron chi connectivity index (χ0n) is 12.4. The van der Waals surface area contributed by atoms with Gasteiger partial charge in [0.2, 0.25) is 0 Å². The molecule has 0 saturated carbocycles. The normalized spacial score (nSPS) is 10.2. The van der Waals surface area contributed by atoms with Crippen molar-refractivity contribution in [2.45, 2.75) is 64.7 Å². The van der Waals surface area contributed by atoms with Crippen molar-refractivity contribution >= 4 is 23.2 Å². The number of halogens is 2. The van der Waals surface area contributed by atoms with Gasteiger partial charge >= 0.3 is 0 Å². The van der Waals surface area contributed by atoms with E-state index in [9.17, 15) is 0 Å². The SMILES string of the molecule is CCCCCCCCCCC#Cc1ccc(Cl)c(Cl)c1. The lowest BCUT2D eigenvalue weighted by Crippen LogP contribution is -1.80. The van der Waals surface area contributed by atoms with Crippen LogP contribution in [0.3, 0.4) is 0 Å². The van der Waals surface area contributed by atoms with Gasteiger partial charge in [-0.1, -0.05) is 86.9 Å². The second-order valence-corrected chi connectivity index (χ2v) is 5.97. The molecule has 0 nitrogen and oxygen atoms in total. The van der Waals surface area contributed by atoms with Crippen LogP contribution in [0.25, 0.3) is 0 Å². The lowest BCUT2D eigenvalue weighted by Gasteiger charge is -1.99. The third-order valence-corrected chi connectivity index (χ3v) is 4.05. The first-order valence-corrected chi connectivity index (χ1v) is 8.43. The van der Waals surface area contributed by atoms with Crippen molar-refractivity contribution < 1.29 is 0 Å². The first-order chi connectivity index (χ1) is 9.74. The van der Waals surface area contributed by atoms with Crippen molar-refractivity contribution in [3.05, 3.63) is 33.8 Å². The Kier molecular flexibility index (Phi) is 9.63. The molecule has 1 aromatic carbocycles. The average molecular weight is 311 g/mol. The van der Waals surface area contributed by atoms with Crippen LogP contribution in [0.4, 0.5) is 0 Å². The van der Waals surface area contributed by atoms with E-state index in [2.05, 4.69) is 18.8 Å². The maximum absolute atomic E-state index is 5.95. The van der Waals surface area contributed by atoms with Crippen molar-refractivity contribution in [1.29, 1.82) is 0 Å². The lowest BCUT2D eigenvalue weighted by atomic mass is 10.1. The molecule has 20 heavy (non-hydrogen) atoms. The van der Waals surface area contributed by atoms with Gasteiger partial charge in [-0.25, -0.2) is 0 Å². The molecule has 0 N–H and O–H groups in total. The fourth-order valence-corrected chi connectivity index (χ4v) is 2.38. The van der Waals surface area contributed by atoms with Crippen LogP contribution in [0, 0.1) is 11.8 Å². The molecule has 0 aliphatic rings. The van der Waals surface area contributed by atoms with Gasteiger partial charge in [-0.3, -0.25) is 0 Å². The van der Waals surface area contributed by atoms with Gasteiger partial charge in [0.1, 0.15) is 0 Å². The quantitative estimate of drug-likeness (QED) is 0.363. The monoisotopic (exact) mass is 310 g/mol. The molecule has 1 aromatic rings. The number of unbranched alkanes of at least 4 members (excludes halogenated alkanes) is 8. The molecule has 0 aliphatic heterocycles. The highest BCUT2D eigenvalue weighted by molar-refractivity contribution is 6.42. The third-order valence-electron chi connectivity index (χ3n) is 3.31. The average Bonchev–Trinajstić information content (AvgIpc) is 2.45. The Hall–Kier alpha value is -0.640. The van der Waals surface area contributed by atoms with Crippen LogP contribution >= 0.6 is 23.2 Å². The summed E-state index contributed by atoms with van der Waals surface area (Å²) in [6, 6.07) is 5.53. The van der Waals surface area contributed by atoms with Gasteiger partial charge in [-0.05, 0) is 24.6 Å². The van der Waals surface area contributed by atoms with Gasteiger partial charge in [0.15, 0.2) is 0 Å². The summed E-state index contributed by atoms with van der Waals surface area (Å²) in [5.41, 5.74) is 0.943. The maximum Gasteiger partial charge on any atom is 0.0604 e. The van der Waals surface area contributed by atoms with E-state index in [-0.39, 0.29) is 0 Å². The molecule has 0 radical (unpaired) electrons. The predicted octanol–water partition coefficient (Wildman–Crippen LogP) is 6.88. The highest BCUT2D eigenvalue weighted by Gasteiger charge is 1.96. The van der Waals surface area contributed by atoms with Crippen LogP contribution in [0.1, 0.15) is 70.3 Å².